The Bertz CT molecular complexity index is 1080. The van der Waals surface area contributed by atoms with Gasteiger partial charge in [0.2, 0.25) is 0 Å². The maximum Gasteiger partial charge on any atom is 0.330 e. The van der Waals surface area contributed by atoms with Gasteiger partial charge in [0.1, 0.15) is 5.56 Å². The molecule has 0 radical (unpaired) electrons. The summed E-state index contributed by atoms with van der Waals surface area (Å²) in [5, 5.41) is 12.0. The third-order valence-corrected chi connectivity index (χ3v) is 5.35. The van der Waals surface area contributed by atoms with E-state index in [-0.39, 0.29) is 16.8 Å². The predicted octanol–water partition coefficient (Wildman–Crippen LogP) is 2.70. The molecule has 1 aromatic carbocycles. The Morgan fingerprint density at radius 3 is 2.41 bits per heavy atom. The topological polar surface area (TPSA) is 116 Å². The van der Waals surface area contributed by atoms with E-state index in [0.717, 1.165) is 11.1 Å². The van der Waals surface area contributed by atoms with Crippen LogP contribution < -0.4 is 10.9 Å². The molecule has 1 amide bonds. The van der Waals surface area contributed by atoms with Crippen molar-refractivity contribution < 1.29 is 19.5 Å². The summed E-state index contributed by atoms with van der Waals surface area (Å²) < 4.78 is 0. The first-order valence-corrected chi connectivity index (χ1v) is 9.39. The van der Waals surface area contributed by atoms with Crippen molar-refractivity contribution in [1.82, 2.24) is 10.3 Å². The smallest absolute Gasteiger partial charge is 0.330 e. The van der Waals surface area contributed by atoms with Crippen LogP contribution in [0.3, 0.4) is 0 Å². The number of carbonyl (C=O) groups is 3. The molecule has 2 aromatic rings. The minimum absolute atomic E-state index is 0.148. The molecule has 152 valence electrons. The van der Waals surface area contributed by atoms with Crippen molar-refractivity contribution in [2.24, 2.45) is 5.41 Å². The molecule has 29 heavy (non-hydrogen) atoms. The van der Waals surface area contributed by atoms with Crippen LogP contribution in [-0.4, -0.2) is 27.8 Å². The summed E-state index contributed by atoms with van der Waals surface area (Å²) in [6.45, 7) is 7.63. The van der Waals surface area contributed by atoms with E-state index >= 15 is 0 Å². The van der Waals surface area contributed by atoms with Gasteiger partial charge in [-0.1, -0.05) is 32.0 Å². The maximum atomic E-state index is 12.7. The molecule has 1 unspecified atom stereocenters. The SMILES string of the molecule is Cc1ccc(C(NC(=O)c2cc3c([nH]c2=O)CC(C)(C)CC3=O)C(=O)O)cc1C. The zero-order valence-corrected chi connectivity index (χ0v) is 16.9. The summed E-state index contributed by atoms with van der Waals surface area (Å²) in [5.74, 6) is -2.23. The van der Waals surface area contributed by atoms with Gasteiger partial charge in [-0.2, -0.15) is 0 Å². The van der Waals surface area contributed by atoms with E-state index < -0.39 is 23.5 Å². The van der Waals surface area contributed by atoms with Crippen LogP contribution in [0.5, 0.6) is 0 Å². The number of hydrogen-bond acceptors (Lipinski definition) is 4. The summed E-state index contributed by atoms with van der Waals surface area (Å²) in [5.41, 5.74) is 1.93. The number of Topliss-reactive ketones (excluding diaryl/α,β-unsaturated/α-hetero) is 1. The highest BCUT2D eigenvalue weighted by molar-refractivity contribution is 6.02. The predicted molar refractivity (Wildman–Crippen MR) is 107 cm³/mol. The minimum atomic E-state index is -1.31. The fourth-order valence-electron chi connectivity index (χ4n) is 3.64. The molecular weight excluding hydrogens is 372 g/mol. The van der Waals surface area contributed by atoms with E-state index in [9.17, 15) is 24.3 Å². The van der Waals surface area contributed by atoms with Gasteiger partial charge in [0, 0.05) is 17.7 Å². The Hall–Kier alpha value is -3.22. The number of pyridine rings is 1. The molecule has 1 aliphatic carbocycles. The monoisotopic (exact) mass is 396 g/mol. The number of fused-ring (bicyclic) bond motifs is 1. The quantitative estimate of drug-likeness (QED) is 0.735. The van der Waals surface area contributed by atoms with E-state index in [1.165, 1.54) is 6.07 Å². The molecule has 3 N–H and O–H groups in total. The molecule has 1 heterocycles. The van der Waals surface area contributed by atoms with Gasteiger partial charge in [0.25, 0.3) is 11.5 Å². The number of aromatic nitrogens is 1. The third-order valence-electron chi connectivity index (χ3n) is 5.35. The van der Waals surface area contributed by atoms with Crippen LogP contribution in [0.25, 0.3) is 0 Å². The van der Waals surface area contributed by atoms with Gasteiger partial charge in [-0.25, -0.2) is 4.79 Å². The lowest BCUT2D eigenvalue weighted by atomic mass is 9.75. The Kier molecular flexibility index (Phi) is 5.17. The molecule has 0 saturated carbocycles. The number of carbonyl (C=O) groups excluding carboxylic acids is 2. The summed E-state index contributed by atoms with van der Waals surface area (Å²) in [6.07, 6.45) is 0.832. The number of carboxylic acid groups (broad SMARTS) is 1. The number of carboxylic acids is 1. The average Bonchev–Trinajstić information content (AvgIpc) is 2.60. The lowest BCUT2D eigenvalue weighted by Gasteiger charge is -2.29. The van der Waals surface area contributed by atoms with Gasteiger partial charge >= 0.3 is 5.97 Å². The Labute approximate surface area is 168 Å². The van der Waals surface area contributed by atoms with Gasteiger partial charge < -0.3 is 15.4 Å². The number of aryl methyl sites for hydroxylation is 2. The van der Waals surface area contributed by atoms with E-state index in [0.29, 0.717) is 29.7 Å². The highest BCUT2D eigenvalue weighted by Crippen LogP contribution is 2.33. The first-order valence-electron chi connectivity index (χ1n) is 9.39. The molecule has 1 aromatic heterocycles. The van der Waals surface area contributed by atoms with Crippen LogP contribution in [-0.2, 0) is 11.2 Å². The molecule has 0 saturated heterocycles. The maximum absolute atomic E-state index is 12.7. The molecule has 7 heteroatoms. The lowest BCUT2D eigenvalue weighted by molar-refractivity contribution is -0.139. The molecule has 7 nitrogen and oxygen atoms in total. The molecule has 0 fully saturated rings. The Morgan fingerprint density at radius 1 is 1.10 bits per heavy atom. The van der Waals surface area contributed by atoms with Crippen molar-refractivity contribution in [1.29, 1.82) is 0 Å². The molecule has 3 rings (SSSR count). The number of ketones is 1. The van der Waals surface area contributed by atoms with Gasteiger partial charge in [-0.15, -0.1) is 0 Å². The zero-order valence-electron chi connectivity index (χ0n) is 16.9. The van der Waals surface area contributed by atoms with Crippen LogP contribution in [0.15, 0.2) is 29.1 Å². The number of benzene rings is 1. The highest BCUT2D eigenvalue weighted by Gasteiger charge is 2.33. The summed E-state index contributed by atoms with van der Waals surface area (Å²) in [7, 11) is 0. The van der Waals surface area contributed by atoms with Crippen LogP contribution in [0, 0.1) is 19.3 Å². The fourth-order valence-corrected chi connectivity index (χ4v) is 3.64. The number of rotatable bonds is 4. The second-order valence-electron chi connectivity index (χ2n) is 8.43. The fraction of sp³-hybridized carbons (Fsp3) is 0.364. The number of nitrogens with one attached hydrogen (secondary N) is 2. The zero-order chi connectivity index (χ0) is 21.5. The van der Waals surface area contributed by atoms with Crippen LogP contribution in [0.1, 0.15) is 69.4 Å². The number of H-pyrrole nitrogens is 1. The molecular formula is C22H24N2O5. The average molecular weight is 396 g/mol. The molecule has 0 bridgehead atoms. The van der Waals surface area contributed by atoms with Crippen molar-refractivity contribution in [3.63, 3.8) is 0 Å². The second kappa shape index (κ2) is 7.31. The number of aromatic amines is 1. The summed E-state index contributed by atoms with van der Waals surface area (Å²) in [6, 6.07) is 5.06. The standard InChI is InChI=1S/C22H24N2O5/c1-11-5-6-13(7-12(11)2)18(21(28)29)24-20(27)15-8-14-16(23-19(15)26)9-22(3,4)10-17(14)25/h5-8,18H,9-10H2,1-4H3,(H,23,26)(H,24,27)(H,28,29). The van der Waals surface area contributed by atoms with Crippen molar-refractivity contribution in [2.75, 3.05) is 0 Å². The van der Waals surface area contributed by atoms with Gasteiger partial charge in [-0.3, -0.25) is 14.4 Å². The lowest BCUT2D eigenvalue weighted by Crippen LogP contribution is -2.38. The second-order valence-corrected chi connectivity index (χ2v) is 8.43. The van der Waals surface area contributed by atoms with Crippen molar-refractivity contribution in [2.45, 2.75) is 46.6 Å². The van der Waals surface area contributed by atoms with Gasteiger partial charge in [0.15, 0.2) is 11.8 Å². The Morgan fingerprint density at radius 2 is 1.79 bits per heavy atom. The van der Waals surface area contributed by atoms with Crippen LogP contribution in [0.4, 0.5) is 0 Å². The number of aliphatic carboxylic acids is 1. The summed E-state index contributed by atoms with van der Waals surface area (Å²) >= 11 is 0. The Balaban J connectivity index is 1.94. The van der Waals surface area contributed by atoms with Crippen molar-refractivity contribution >= 4 is 17.7 Å². The first-order chi connectivity index (χ1) is 13.5. The van der Waals surface area contributed by atoms with Crippen LogP contribution >= 0.6 is 0 Å². The number of hydrogen-bond donors (Lipinski definition) is 3. The molecule has 0 spiro atoms. The highest BCUT2D eigenvalue weighted by atomic mass is 16.4. The van der Waals surface area contributed by atoms with E-state index in [4.69, 9.17) is 0 Å². The first kappa shape index (κ1) is 20.5. The molecule has 0 aliphatic heterocycles. The van der Waals surface area contributed by atoms with Crippen molar-refractivity contribution in [3.8, 4) is 0 Å². The third kappa shape index (κ3) is 4.13. The van der Waals surface area contributed by atoms with Crippen molar-refractivity contribution in [3.05, 3.63) is 68.1 Å². The number of amides is 1. The summed E-state index contributed by atoms with van der Waals surface area (Å²) in [4.78, 5) is 52.0. The van der Waals surface area contributed by atoms with Crippen LogP contribution in [0.2, 0.25) is 0 Å². The van der Waals surface area contributed by atoms with E-state index in [2.05, 4.69) is 10.3 Å². The molecule has 1 atom stereocenters. The van der Waals surface area contributed by atoms with Gasteiger partial charge in [-0.05, 0) is 48.4 Å². The largest absolute Gasteiger partial charge is 0.479 e. The minimum Gasteiger partial charge on any atom is -0.479 e. The normalized spacial score (nSPS) is 16.1. The van der Waals surface area contributed by atoms with E-state index in [1.54, 1.807) is 18.2 Å². The van der Waals surface area contributed by atoms with E-state index in [1.807, 2.05) is 27.7 Å². The van der Waals surface area contributed by atoms with Gasteiger partial charge in [0.05, 0.1) is 0 Å². The molecule has 1 aliphatic rings.